The molecule has 1 amide bonds. The third-order valence-electron chi connectivity index (χ3n) is 3.26. The molecule has 0 aromatic rings. The normalized spacial score (nSPS) is 24.4. The first kappa shape index (κ1) is 23.6. The van der Waals surface area contributed by atoms with Gasteiger partial charge in [0.2, 0.25) is 6.29 Å². The first-order valence-electron chi connectivity index (χ1n) is 8.01. The van der Waals surface area contributed by atoms with E-state index in [0.717, 1.165) is 20.8 Å². The number of rotatable bonds is 8. The number of esters is 3. The van der Waals surface area contributed by atoms with Crippen LogP contribution in [0.15, 0.2) is 0 Å². The van der Waals surface area contributed by atoms with Gasteiger partial charge in [-0.25, -0.2) is 0 Å². The lowest BCUT2D eigenvalue weighted by Gasteiger charge is -2.23. The minimum Gasteiger partial charge on any atom is -0.463 e. The van der Waals surface area contributed by atoms with Gasteiger partial charge in [-0.3, -0.25) is 19.2 Å². The quantitative estimate of drug-likeness (QED) is 0.327. The van der Waals surface area contributed by atoms with E-state index >= 15 is 0 Å². The molecule has 0 aromatic carbocycles. The van der Waals surface area contributed by atoms with Gasteiger partial charge in [0, 0.05) is 27.3 Å². The van der Waals surface area contributed by atoms with Crippen molar-refractivity contribution in [1.29, 1.82) is 0 Å². The molecule has 1 N–H and O–H groups in total. The highest BCUT2D eigenvalue weighted by Gasteiger charge is 2.50. The Kier molecular flexibility index (Phi) is 8.63. The Balaban J connectivity index is 2.80. The van der Waals surface area contributed by atoms with E-state index in [1.54, 1.807) is 5.32 Å². The molecule has 4 atom stereocenters. The van der Waals surface area contributed by atoms with Crippen LogP contribution < -0.4 is 5.32 Å². The van der Waals surface area contributed by atoms with Crippen molar-refractivity contribution in [2.75, 3.05) is 19.8 Å². The van der Waals surface area contributed by atoms with Crippen molar-refractivity contribution in [2.24, 2.45) is 0 Å². The summed E-state index contributed by atoms with van der Waals surface area (Å²) in [5, 5.41) is 1.59. The average Bonchev–Trinajstić information content (AvgIpc) is 2.84. The Morgan fingerprint density at radius 3 is 2.07 bits per heavy atom. The van der Waals surface area contributed by atoms with Crippen molar-refractivity contribution in [1.82, 2.24) is 5.32 Å². The fourth-order valence-corrected chi connectivity index (χ4v) is 2.25. The van der Waals surface area contributed by atoms with Crippen LogP contribution in [0.5, 0.6) is 0 Å². The van der Waals surface area contributed by atoms with Gasteiger partial charge >= 0.3 is 30.0 Å². The van der Waals surface area contributed by atoms with Crippen LogP contribution in [-0.4, -0.2) is 74.4 Å². The molecule has 1 fully saturated rings. The van der Waals surface area contributed by atoms with Gasteiger partial charge in [0.25, 0.3) is 0 Å². The second kappa shape index (κ2) is 10.2. The molecular weight excluding hydrogens is 395 g/mol. The van der Waals surface area contributed by atoms with Crippen LogP contribution in [0.4, 0.5) is 13.2 Å². The molecule has 0 unspecified atom stereocenters. The minimum absolute atomic E-state index is 0.351. The van der Waals surface area contributed by atoms with Crippen LogP contribution in [0.2, 0.25) is 0 Å². The van der Waals surface area contributed by atoms with E-state index in [2.05, 4.69) is 0 Å². The molecule has 28 heavy (non-hydrogen) atoms. The first-order valence-corrected chi connectivity index (χ1v) is 8.01. The van der Waals surface area contributed by atoms with E-state index in [1.807, 2.05) is 0 Å². The second-order valence-electron chi connectivity index (χ2n) is 5.62. The zero-order valence-electron chi connectivity index (χ0n) is 15.2. The number of amides is 1. The standard InChI is InChI=1S/C15H20F3NO9/c1-7(20)25-6-10-11(26-8(2)21)12(13(28-10)27-9(3)22)24-5-4-19-14(23)15(16,17)18/h10-13H,4-6H2,1-3H3,(H,19,23)/t10-,11-,12-,13-/m1/s1. The largest absolute Gasteiger partial charge is 0.471 e. The lowest BCUT2D eigenvalue weighted by molar-refractivity contribution is -0.194. The van der Waals surface area contributed by atoms with Crippen LogP contribution in [0.25, 0.3) is 0 Å². The number of carbonyl (C=O) groups excluding carboxylic acids is 4. The molecule has 1 aliphatic rings. The number of carbonyl (C=O) groups is 4. The Morgan fingerprint density at radius 1 is 0.964 bits per heavy atom. The summed E-state index contributed by atoms with van der Waals surface area (Å²) < 4.78 is 62.0. The van der Waals surface area contributed by atoms with E-state index in [1.165, 1.54) is 0 Å². The summed E-state index contributed by atoms with van der Waals surface area (Å²) in [7, 11) is 0. The third kappa shape index (κ3) is 7.68. The summed E-state index contributed by atoms with van der Waals surface area (Å²) in [5.74, 6) is -4.31. The molecule has 1 aliphatic heterocycles. The second-order valence-corrected chi connectivity index (χ2v) is 5.62. The lowest BCUT2D eigenvalue weighted by Crippen LogP contribution is -2.43. The van der Waals surface area contributed by atoms with Crippen molar-refractivity contribution >= 4 is 23.8 Å². The molecule has 0 spiro atoms. The zero-order chi connectivity index (χ0) is 21.5. The number of alkyl halides is 3. The molecule has 0 bridgehead atoms. The van der Waals surface area contributed by atoms with Gasteiger partial charge in [-0.05, 0) is 0 Å². The minimum atomic E-state index is -5.05. The zero-order valence-corrected chi connectivity index (χ0v) is 15.2. The fourth-order valence-electron chi connectivity index (χ4n) is 2.25. The van der Waals surface area contributed by atoms with Gasteiger partial charge in [0.15, 0.2) is 12.2 Å². The van der Waals surface area contributed by atoms with Gasteiger partial charge in [0.1, 0.15) is 12.7 Å². The van der Waals surface area contributed by atoms with Crippen LogP contribution in [0, 0.1) is 0 Å². The maximum absolute atomic E-state index is 12.2. The molecule has 1 heterocycles. The van der Waals surface area contributed by atoms with Crippen molar-refractivity contribution < 1.29 is 56.0 Å². The Hall–Kier alpha value is -2.41. The van der Waals surface area contributed by atoms with Crippen LogP contribution in [0.1, 0.15) is 20.8 Å². The van der Waals surface area contributed by atoms with E-state index in [4.69, 9.17) is 23.7 Å². The summed E-state index contributed by atoms with van der Waals surface area (Å²) in [6.45, 7) is 1.98. The molecule has 0 aliphatic carbocycles. The highest BCUT2D eigenvalue weighted by molar-refractivity contribution is 5.81. The molecule has 0 aromatic heterocycles. The van der Waals surface area contributed by atoms with Gasteiger partial charge in [0.05, 0.1) is 6.61 Å². The van der Waals surface area contributed by atoms with Gasteiger partial charge < -0.3 is 29.0 Å². The average molecular weight is 415 g/mol. The van der Waals surface area contributed by atoms with E-state index < -0.39 is 67.7 Å². The molecule has 1 rings (SSSR count). The number of hydrogen-bond donors (Lipinski definition) is 1. The van der Waals surface area contributed by atoms with E-state index in [9.17, 15) is 32.3 Å². The van der Waals surface area contributed by atoms with E-state index in [-0.39, 0.29) is 6.61 Å². The van der Waals surface area contributed by atoms with Gasteiger partial charge in [-0.1, -0.05) is 0 Å². The maximum Gasteiger partial charge on any atom is 0.471 e. The number of hydrogen-bond acceptors (Lipinski definition) is 9. The SMILES string of the molecule is CC(=O)OC[C@H]1O[C@@H](OC(C)=O)[C@H](OCCNC(=O)C(F)(F)F)[C@@H]1OC(C)=O. The molecule has 160 valence electrons. The number of halogens is 3. The monoisotopic (exact) mass is 415 g/mol. The molecular formula is C15H20F3NO9. The third-order valence-corrected chi connectivity index (χ3v) is 3.26. The molecule has 13 heteroatoms. The lowest BCUT2D eigenvalue weighted by atomic mass is 10.1. The van der Waals surface area contributed by atoms with E-state index in [0.29, 0.717) is 0 Å². The Bertz CT molecular complexity index is 596. The predicted octanol–water partition coefficient (Wildman–Crippen LogP) is -0.167. The Labute approximate surface area is 157 Å². The summed E-state index contributed by atoms with van der Waals surface area (Å²) in [5.41, 5.74) is 0. The molecule has 0 radical (unpaired) electrons. The summed E-state index contributed by atoms with van der Waals surface area (Å²) in [4.78, 5) is 44.4. The predicted molar refractivity (Wildman–Crippen MR) is 81.4 cm³/mol. The maximum atomic E-state index is 12.2. The van der Waals surface area contributed by atoms with Crippen molar-refractivity contribution in [3.63, 3.8) is 0 Å². The molecule has 0 saturated carbocycles. The fraction of sp³-hybridized carbons (Fsp3) is 0.733. The van der Waals surface area contributed by atoms with Crippen LogP contribution >= 0.6 is 0 Å². The highest BCUT2D eigenvalue weighted by atomic mass is 19.4. The Morgan fingerprint density at radius 2 is 1.57 bits per heavy atom. The summed E-state index contributed by atoms with van der Waals surface area (Å²) in [6, 6.07) is 0. The van der Waals surface area contributed by atoms with Crippen LogP contribution in [0.3, 0.4) is 0 Å². The summed E-state index contributed by atoms with van der Waals surface area (Å²) >= 11 is 0. The number of nitrogens with one attached hydrogen (secondary N) is 1. The van der Waals surface area contributed by atoms with Crippen LogP contribution in [-0.2, 0) is 42.9 Å². The van der Waals surface area contributed by atoms with Crippen molar-refractivity contribution in [3.8, 4) is 0 Å². The number of ether oxygens (including phenoxy) is 5. The van der Waals surface area contributed by atoms with Crippen molar-refractivity contribution in [3.05, 3.63) is 0 Å². The molecule has 1 saturated heterocycles. The van der Waals surface area contributed by atoms with Gasteiger partial charge in [-0.2, -0.15) is 13.2 Å². The summed E-state index contributed by atoms with van der Waals surface area (Å²) in [6.07, 6.45) is -9.88. The first-order chi connectivity index (χ1) is 12.9. The smallest absolute Gasteiger partial charge is 0.463 e. The highest BCUT2D eigenvalue weighted by Crippen LogP contribution is 2.28. The molecule has 10 nitrogen and oxygen atoms in total. The van der Waals surface area contributed by atoms with Gasteiger partial charge in [-0.15, -0.1) is 0 Å². The van der Waals surface area contributed by atoms with Crippen molar-refractivity contribution in [2.45, 2.75) is 51.5 Å². The topological polar surface area (TPSA) is 126 Å².